The topological polar surface area (TPSA) is 37.8 Å². The Morgan fingerprint density at radius 3 is 2.71 bits per heavy atom. The van der Waals surface area contributed by atoms with Crippen LogP contribution in [-0.4, -0.2) is 15.7 Å². The maximum absolute atomic E-state index is 4.23. The Morgan fingerprint density at radius 1 is 1.21 bits per heavy atom. The van der Waals surface area contributed by atoms with Crippen molar-refractivity contribution in [2.24, 2.45) is 0 Å². The first kappa shape index (κ1) is 9.44. The third-order valence-electron chi connectivity index (χ3n) is 2.32. The van der Waals surface area contributed by atoms with Gasteiger partial charge in [-0.15, -0.1) is 5.10 Å². The molecule has 1 heterocycles. The molecule has 0 aromatic carbocycles. The van der Waals surface area contributed by atoms with Crippen LogP contribution in [0.3, 0.4) is 0 Å². The van der Waals surface area contributed by atoms with Crippen molar-refractivity contribution in [3.8, 4) is 0 Å². The van der Waals surface area contributed by atoms with E-state index in [1.165, 1.54) is 17.7 Å². The van der Waals surface area contributed by atoms with Gasteiger partial charge in [-0.25, -0.2) is 0 Å². The standard InChI is InChI=1S/C11H17N3/c1-11(2,3)12-10-7-8-5-4-6-9(8)13-14-10/h7H,4-6H2,1-3H3,(H,12,14). The van der Waals surface area contributed by atoms with E-state index >= 15 is 0 Å². The highest BCUT2D eigenvalue weighted by Gasteiger charge is 2.16. The molecule has 0 radical (unpaired) electrons. The lowest BCUT2D eigenvalue weighted by Crippen LogP contribution is -2.27. The summed E-state index contributed by atoms with van der Waals surface area (Å²) in [6.07, 6.45) is 3.48. The molecule has 1 aromatic heterocycles. The van der Waals surface area contributed by atoms with E-state index in [1.807, 2.05) is 0 Å². The molecule has 1 aromatic rings. The van der Waals surface area contributed by atoms with Crippen molar-refractivity contribution in [3.05, 3.63) is 17.3 Å². The quantitative estimate of drug-likeness (QED) is 0.739. The van der Waals surface area contributed by atoms with Gasteiger partial charge in [0.25, 0.3) is 0 Å². The van der Waals surface area contributed by atoms with Crippen LogP contribution < -0.4 is 5.32 Å². The maximum atomic E-state index is 4.23. The third-order valence-corrected chi connectivity index (χ3v) is 2.32. The fraction of sp³-hybridized carbons (Fsp3) is 0.636. The van der Waals surface area contributed by atoms with Gasteiger partial charge in [-0.05, 0) is 51.7 Å². The summed E-state index contributed by atoms with van der Waals surface area (Å²) in [7, 11) is 0. The smallest absolute Gasteiger partial charge is 0.149 e. The molecule has 0 saturated heterocycles. The highest BCUT2D eigenvalue weighted by Crippen LogP contribution is 2.22. The van der Waals surface area contributed by atoms with Crippen LogP contribution in [0.15, 0.2) is 6.07 Å². The molecule has 3 heteroatoms. The normalized spacial score (nSPS) is 15.4. The van der Waals surface area contributed by atoms with E-state index in [4.69, 9.17) is 0 Å². The molecule has 0 unspecified atom stereocenters. The first-order valence-electron chi connectivity index (χ1n) is 5.18. The zero-order valence-electron chi connectivity index (χ0n) is 9.09. The summed E-state index contributed by atoms with van der Waals surface area (Å²) in [5, 5.41) is 11.7. The summed E-state index contributed by atoms with van der Waals surface area (Å²) < 4.78 is 0. The molecule has 0 aliphatic heterocycles. The van der Waals surface area contributed by atoms with E-state index in [0.717, 1.165) is 18.7 Å². The van der Waals surface area contributed by atoms with Crippen LogP contribution in [0.2, 0.25) is 0 Å². The van der Waals surface area contributed by atoms with Crippen molar-refractivity contribution in [2.75, 3.05) is 5.32 Å². The van der Waals surface area contributed by atoms with Crippen LogP contribution in [0.1, 0.15) is 38.4 Å². The van der Waals surface area contributed by atoms with Gasteiger partial charge in [-0.1, -0.05) is 0 Å². The highest BCUT2D eigenvalue weighted by molar-refractivity contribution is 5.41. The molecule has 0 saturated carbocycles. The van der Waals surface area contributed by atoms with Gasteiger partial charge in [0, 0.05) is 5.54 Å². The molecule has 0 fully saturated rings. The van der Waals surface area contributed by atoms with Crippen molar-refractivity contribution in [1.29, 1.82) is 0 Å². The molecule has 76 valence electrons. The van der Waals surface area contributed by atoms with Gasteiger partial charge in [0.05, 0.1) is 5.69 Å². The monoisotopic (exact) mass is 191 g/mol. The molecule has 0 amide bonds. The summed E-state index contributed by atoms with van der Waals surface area (Å²) >= 11 is 0. The fourth-order valence-electron chi connectivity index (χ4n) is 1.77. The molecule has 0 bridgehead atoms. The van der Waals surface area contributed by atoms with Gasteiger partial charge >= 0.3 is 0 Å². The number of nitrogens with zero attached hydrogens (tertiary/aromatic N) is 2. The number of aromatic nitrogens is 2. The van der Waals surface area contributed by atoms with Crippen LogP contribution in [0.4, 0.5) is 5.82 Å². The zero-order valence-corrected chi connectivity index (χ0v) is 9.09. The maximum Gasteiger partial charge on any atom is 0.149 e. The van der Waals surface area contributed by atoms with Crippen molar-refractivity contribution in [2.45, 2.75) is 45.6 Å². The number of rotatable bonds is 1. The highest BCUT2D eigenvalue weighted by atomic mass is 15.2. The van der Waals surface area contributed by atoms with Crippen molar-refractivity contribution in [3.63, 3.8) is 0 Å². The van der Waals surface area contributed by atoms with Crippen molar-refractivity contribution < 1.29 is 0 Å². The second kappa shape index (κ2) is 3.23. The van der Waals surface area contributed by atoms with Gasteiger partial charge in [0.1, 0.15) is 5.82 Å². The summed E-state index contributed by atoms with van der Waals surface area (Å²) in [5.41, 5.74) is 2.61. The van der Waals surface area contributed by atoms with Gasteiger partial charge in [-0.2, -0.15) is 5.10 Å². The molecule has 3 nitrogen and oxygen atoms in total. The van der Waals surface area contributed by atoms with E-state index in [0.29, 0.717) is 0 Å². The van der Waals surface area contributed by atoms with Gasteiger partial charge in [-0.3, -0.25) is 0 Å². The van der Waals surface area contributed by atoms with E-state index in [2.05, 4.69) is 42.4 Å². The Balaban J connectivity index is 2.21. The predicted molar refractivity (Wildman–Crippen MR) is 57.4 cm³/mol. The SMILES string of the molecule is CC(C)(C)Nc1cc2c(nn1)CCC2. The minimum absolute atomic E-state index is 0.0571. The van der Waals surface area contributed by atoms with E-state index in [9.17, 15) is 0 Å². The summed E-state index contributed by atoms with van der Waals surface area (Å²) in [6, 6.07) is 2.14. The molecule has 0 atom stereocenters. The lowest BCUT2D eigenvalue weighted by Gasteiger charge is -2.21. The largest absolute Gasteiger partial charge is 0.364 e. The molecule has 14 heavy (non-hydrogen) atoms. The molecule has 1 aliphatic carbocycles. The molecular formula is C11H17N3. The van der Waals surface area contributed by atoms with Crippen LogP contribution in [0.25, 0.3) is 0 Å². The Kier molecular flexibility index (Phi) is 2.17. The Bertz CT molecular complexity index is 339. The van der Waals surface area contributed by atoms with Crippen LogP contribution in [0.5, 0.6) is 0 Å². The Labute approximate surface area is 84.9 Å². The van der Waals surface area contributed by atoms with Crippen molar-refractivity contribution >= 4 is 5.82 Å². The minimum Gasteiger partial charge on any atom is -0.364 e. The predicted octanol–water partition coefficient (Wildman–Crippen LogP) is 2.18. The number of anilines is 1. The zero-order chi connectivity index (χ0) is 10.2. The van der Waals surface area contributed by atoms with Gasteiger partial charge in [0.2, 0.25) is 0 Å². The molecule has 1 N–H and O–H groups in total. The first-order valence-corrected chi connectivity index (χ1v) is 5.18. The fourth-order valence-corrected chi connectivity index (χ4v) is 1.77. The summed E-state index contributed by atoms with van der Waals surface area (Å²) in [5.74, 6) is 0.901. The van der Waals surface area contributed by atoms with E-state index < -0.39 is 0 Å². The molecule has 1 aliphatic rings. The van der Waals surface area contributed by atoms with Crippen LogP contribution in [-0.2, 0) is 12.8 Å². The number of hydrogen-bond donors (Lipinski definition) is 1. The molecule has 2 rings (SSSR count). The van der Waals surface area contributed by atoms with Gasteiger partial charge in [0.15, 0.2) is 0 Å². The number of fused-ring (bicyclic) bond motifs is 1. The average Bonchev–Trinajstić information content (AvgIpc) is 2.47. The second-order valence-corrected chi connectivity index (χ2v) is 4.93. The summed E-state index contributed by atoms with van der Waals surface area (Å²) in [4.78, 5) is 0. The lowest BCUT2D eigenvalue weighted by molar-refractivity contribution is 0.627. The number of nitrogens with one attached hydrogen (secondary N) is 1. The number of hydrogen-bond acceptors (Lipinski definition) is 3. The van der Waals surface area contributed by atoms with E-state index in [-0.39, 0.29) is 5.54 Å². The van der Waals surface area contributed by atoms with Crippen LogP contribution >= 0.6 is 0 Å². The minimum atomic E-state index is 0.0571. The van der Waals surface area contributed by atoms with Gasteiger partial charge < -0.3 is 5.32 Å². The Morgan fingerprint density at radius 2 is 2.00 bits per heavy atom. The second-order valence-electron chi connectivity index (χ2n) is 4.93. The molecule has 0 spiro atoms. The lowest BCUT2D eigenvalue weighted by atomic mass is 10.1. The number of aryl methyl sites for hydroxylation is 2. The molecular weight excluding hydrogens is 174 g/mol. The van der Waals surface area contributed by atoms with Crippen molar-refractivity contribution in [1.82, 2.24) is 10.2 Å². The average molecular weight is 191 g/mol. The summed E-state index contributed by atoms with van der Waals surface area (Å²) in [6.45, 7) is 6.38. The third kappa shape index (κ3) is 2.03. The first-order chi connectivity index (χ1) is 6.54. The van der Waals surface area contributed by atoms with E-state index in [1.54, 1.807) is 0 Å². The Hall–Kier alpha value is -1.12. The van der Waals surface area contributed by atoms with Crippen LogP contribution in [0, 0.1) is 0 Å².